The minimum Gasteiger partial charge on any atom is -0.493 e. The molecule has 1 amide bonds. The standard InChI is InChI=1S/C18H21NO4S/c1-10-5-6-24-17(10)12-9-13(12)18(20)19-11-7-14(21-2)16(23-4)15(8-11)22-3/h5-8,12-13H,9H2,1-4H3,(H,19,20). The Morgan fingerprint density at radius 3 is 2.33 bits per heavy atom. The van der Waals surface area contributed by atoms with E-state index in [4.69, 9.17) is 14.2 Å². The number of hydrogen-bond donors (Lipinski definition) is 1. The lowest BCUT2D eigenvalue weighted by Gasteiger charge is -2.14. The van der Waals surface area contributed by atoms with Crippen molar-refractivity contribution < 1.29 is 19.0 Å². The lowest BCUT2D eigenvalue weighted by molar-refractivity contribution is -0.117. The van der Waals surface area contributed by atoms with Gasteiger partial charge in [-0.1, -0.05) is 0 Å². The predicted octanol–water partition coefficient (Wildman–Crippen LogP) is 3.82. The normalized spacial score (nSPS) is 18.8. The molecule has 1 aliphatic rings. The van der Waals surface area contributed by atoms with Crippen LogP contribution < -0.4 is 19.5 Å². The van der Waals surface area contributed by atoms with E-state index < -0.39 is 0 Å². The zero-order valence-corrected chi connectivity index (χ0v) is 15.0. The van der Waals surface area contributed by atoms with Gasteiger partial charge in [0.1, 0.15) is 0 Å². The largest absolute Gasteiger partial charge is 0.493 e. The molecule has 0 spiro atoms. The van der Waals surface area contributed by atoms with Gasteiger partial charge in [0.15, 0.2) is 11.5 Å². The average Bonchev–Trinajstić information content (AvgIpc) is 3.27. The first-order valence-electron chi connectivity index (χ1n) is 7.73. The monoisotopic (exact) mass is 347 g/mol. The maximum absolute atomic E-state index is 12.5. The zero-order chi connectivity index (χ0) is 17.3. The molecule has 0 saturated heterocycles. The molecule has 1 saturated carbocycles. The third-order valence-corrected chi connectivity index (χ3v) is 5.45. The molecule has 128 valence electrons. The maximum Gasteiger partial charge on any atom is 0.228 e. The third-order valence-electron chi connectivity index (χ3n) is 4.30. The summed E-state index contributed by atoms with van der Waals surface area (Å²) < 4.78 is 15.9. The summed E-state index contributed by atoms with van der Waals surface area (Å²) in [5.41, 5.74) is 1.91. The summed E-state index contributed by atoms with van der Waals surface area (Å²) in [5.74, 6) is 1.95. The van der Waals surface area contributed by atoms with Crippen molar-refractivity contribution in [1.29, 1.82) is 0 Å². The minimum atomic E-state index is 0.0291. The van der Waals surface area contributed by atoms with Gasteiger partial charge in [0.05, 0.1) is 21.3 Å². The smallest absolute Gasteiger partial charge is 0.228 e. The molecule has 6 heteroatoms. The van der Waals surface area contributed by atoms with Crippen molar-refractivity contribution in [1.82, 2.24) is 0 Å². The van der Waals surface area contributed by atoms with E-state index in [1.54, 1.807) is 44.8 Å². The van der Waals surface area contributed by atoms with Crippen LogP contribution in [0.1, 0.15) is 22.8 Å². The van der Waals surface area contributed by atoms with E-state index in [1.807, 2.05) is 0 Å². The molecule has 1 fully saturated rings. The molecule has 2 atom stereocenters. The number of carbonyl (C=O) groups is 1. The zero-order valence-electron chi connectivity index (χ0n) is 14.2. The highest BCUT2D eigenvalue weighted by molar-refractivity contribution is 7.10. The van der Waals surface area contributed by atoms with E-state index >= 15 is 0 Å². The topological polar surface area (TPSA) is 56.8 Å². The van der Waals surface area contributed by atoms with Crippen LogP contribution in [-0.4, -0.2) is 27.2 Å². The van der Waals surface area contributed by atoms with Crippen LogP contribution in [0.3, 0.4) is 0 Å². The molecule has 0 aliphatic heterocycles. The van der Waals surface area contributed by atoms with Gasteiger partial charge < -0.3 is 19.5 Å². The van der Waals surface area contributed by atoms with Gasteiger partial charge in [0.2, 0.25) is 11.7 Å². The van der Waals surface area contributed by atoms with E-state index in [1.165, 1.54) is 10.4 Å². The first-order chi connectivity index (χ1) is 11.6. The van der Waals surface area contributed by atoms with Gasteiger partial charge >= 0.3 is 0 Å². The summed E-state index contributed by atoms with van der Waals surface area (Å²) in [5, 5.41) is 5.05. The highest BCUT2D eigenvalue weighted by atomic mass is 32.1. The summed E-state index contributed by atoms with van der Waals surface area (Å²) in [6.45, 7) is 2.10. The molecule has 24 heavy (non-hydrogen) atoms. The Hall–Kier alpha value is -2.21. The summed E-state index contributed by atoms with van der Waals surface area (Å²) >= 11 is 1.73. The highest BCUT2D eigenvalue weighted by Crippen LogP contribution is 2.51. The van der Waals surface area contributed by atoms with Crippen molar-refractivity contribution in [2.45, 2.75) is 19.3 Å². The van der Waals surface area contributed by atoms with Gasteiger partial charge in [-0.15, -0.1) is 11.3 Å². The van der Waals surface area contributed by atoms with Gasteiger partial charge in [-0.2, -0.15) is 0 Å². The van der Waals surface area contributed by atoms with Gasteiger partial charge in [-0.3, -0.25) is 4.79 Å². The number of nitrogens with one attached hydrogen (secondary N) is 1. The fraction of sp³-hybridized carbons (Fsp3) is 0.389. The molecule has 1 aromatic carbocycles. The number of thiophene rings is 1. The molecule has 1 N–H and O–H groups in total. The van der Waals surface area contributed by atoms with E-state index in [0.29, 0.717) is 28.9 Å². The van der Waals surface area contributed by atoms with Crippen molar-refractivity contribution in [2.75, 3.05) is 26.6 Å². The molecule has 2 unspecified atom stereocenters. The summed E-state index contributed by atoms with van der Waals surface area (Å²) in [6, 6.07) is 5.59. The number of rotatable bonds is 6. The number of hydrogen-bond acceptors (Lipinski definition) is 5. The summed E-state index contributed by atoms with van der Waals surface area (Å²) in [4.78, 5) is 13.8. The van der Waals surface area contributed by atoms with Gasteiger partial charge in [-0.25, -0.2) is 0 Å². The van der Waals surface area contributed by atoms with Crippen molar-refractivity contribution in [2.24, 2.45) is 5.92 Å². The second-order valence-electron chi connectivity index (χ2n) is 5.82. The fourth-order valence-electron chi connectivity index (χ4n) is 2.93. The molecule has 5 nitrogen and oxygen atoms in total. The number of methoxy groups -OCH3 is 3. The minimum absolute atomic E-state index is 0.0291. The molecule has 0 radical (unpaired) electrons. The van der Waals surface area contributed by atoms with Gasteiger partial charge in [-0.05, 0) is 30.4 Å². The molecular formula is C18H21NO4S. The van der Waals surface area contributed by atoms with Crippen LogP contribution in [-0.2, 0) is 4.79 Å². The predicted molar refractivity (Wildman–Crippen MR) is 94.6 cm³/mol. The lowest BCUT2D eigenvalue weighted by atomic mass is 10.2. The number of ether oxygens (including phenoxy) is 3. The van der Waals surface area contributed by atoms with Gasteiger partial charge in [0, 0.05) is 34.5 Å². The van der Waals surface area contributed by atoms with Crippen LogP contribution in [0, 0.1) is 12.8 Å². The number of amides is 1. The van der Waals surface area contributed by atoms with Crippen LogP contribution >= 0.6 is 11.3 Å². The number of benzene rings is 1. The van der Waals surface area contributed by atoms with Crippen molar-refractivity contribution in [3.05, 3.63) is 34.0 Å². The number of aryl methyl sites for hydroxylation is 1. The third kappa shape index (κ3) is 3.06. The Balaban J connectivity index is 1.75. The quantitative estimate of drug-likeness (QED) is 0.863. The second kappa shape index (κ2) is 6.73. The van der Waals surface area contributed by atoms with E-state index in [-0.39, 0.29) is 11.8 Å². The SMILES string of the molecule is COc1cc(NC(=O)C2CC2c2sccc2C)cc(OC)c1OC. The van der Waals surface area contributed by atoms with Crippen LogP contribution in [0.2, 0.25) is 0 Å². The number of anilines is 1. The fourth-order valence-corrected chi connectivity index (χ4v) is 4.04. The maximum atomic E-state index is 12.5. The molecule has 1 aliphatic carbocycles. The van der Waals surface area contributed by atoms with Crippen LogP contribution in [0.5, 0.6) is 17.2 Å². The van der Waals surface area contributed by atoms with Crippen LogP contribution in [0.15, 0.2) is 23.6 Å². The van der Waals surface area contributed by atoms with Crippen LogP contribution in [0.25, 0.3) is 0 Å². The van der Waals surface area contributed by atoms with E-state index in [0.717, 1.165) is 6.42 Å². The summed E-state index contributed by atoms with van der Waals surface area (Å²) in [7, 11) is 4.66. The lowest BCUT2D eigenvalue weighted by Crippen LogP contribution is -2.14. The van der Waals surface area contributed by atoms with Gasteiger partial charge in [0.25, 0.3) is 0 Å². The van der Waals surface area contributed by atoms with E-state index in [2.05, 4.69) is 23.7 Å². The first kappa shape index (κ1) is 16.6. The average molecular weight is 347 g/mol. The molecule has 1 heterocycles. The second-order valence-corrected chi connectivity index (χ2v) is 6.77. The molecule has 2 aromatic rings. The molecule has 0 bridgehead atoms. The Morgan fingerprint density at radius 2 is 1.83 bits per heavy atom. The van der Waals surface area contributed by atoms with E-state index in [9.17, 15) is 4.79 Å². The molecular weight excluding hydrogens is 326 g/mol. The first-order valence-corrected chi connectivity index (χ1v) is 8.61. The Bertz CT molecular complexity index is 730. The Labute approximate surface area is 145 Å². The Kier molecular flexibility index (Phi) is 4.66. The number of carbonyl (C=O) groups excluding carboxylic acids is 1. The van der Waals surface area contributed by atoms with Crippen molar-refractivity contribution in [3.63, 3.8) is 0 Å². The molecule has 3 rings (SSSR count). The molecule has 1 aromatic heterocycles. The summed E-state index contributed by atoms with van der Waals surface area (Å²) in [6.07, 6.45) is 0.900. The Morgan fingerprint density at radius 1 is 1.17 bits per heavy atom. The van der Waals surface area contributed by atoms with Crippen molar-refractivity contribution in [3.8, 4) is 17.2 Å². The van der Waals surface area contributed by atoms with Crippen LogP contribution in [0.4, 0.5) is 5.69 Å². The highest BCUT2D eigenvalue weighted by Gasteiger charge is 2.45. The van der Waals surface area contributed by atoms with Crippen molar-refractivity contribution >= 4 is 22.9 Å².